The smallest absolute Gasteiger partial charge is 0.0572 e. The van der Waals surface area contributed by atoms with E-state index >= 15 is 0 Å². The molecule has 12 heavy (non-hydrogen) atoms. The van der Waals surface area contributed by atoms with E-state index in [9.17, 15) is 0 Å². The maximum Gasteiger partial charge on any atom is 0.0572 e. The average molecular weight is 188 g/mol. The third kappa shape index (κ3) is 3.91. The number of aliphatic imine (C=N–C) groups is 1. The van der Waals surface area contributed by atoms with Gasteiger partial charge in [0.2, 0.25) is 0 Å². The Kier molecular flexibility index (Phi) is 5.23. The van der Waals surface area contributed by atoms with E-state index in [1.54, 1.807) is 0 Å². The summed E-state index contributed by atoms with van der Waals surface area (Å²) in [5, 5.41) is 0.811. The number of allylic oxidation sites excluding steroid dienone is 2. The van der Waals surface area contributed by atoms with Crippen LogP contribution in [-0.4, -0.2) is 5.71 Å². The largest absolute Gasteiger partial charge is 0.261 e. The van der Waals surface area contributed by atoms with Crippen LogP contribution in [0, 0.1) is 5.92 Å². The van der Waals surface area contributed by atoms with Crippen LogP contribution in [0.3, 0.4) is 0 Å². The number of rotatable bonds is 3. The highest BCUT2D eigenvalue weighted by Gasteiger charge is 2.07. The summed E-state index contributed by atoms with van der Waals surface area (Å²) in [5.74, 6) is 0.456. The van der Waals surface area contributed by atoms with Gasteiger partial charge < -0.3 is 0 Å². The molecule has 0 aliphatic carbocycles. The zero-order chi connectivity index (χ0) is 9.72. The van der Waals surface area contributed by atoms with E-state index in [1.165, 1.54) is 0 Å². The van der Waals surface area contributed by atoms with Crippen LogP contribution in [0.5, 0.6) is 0 Å². The van der Waals surface area contributed by atoms with Crippen molar-refractivity contribution in [3.05, 3.63) is 10.7 Å². The van der Waals surface area contributed by atoms with Gasteiger partial charge in [0.05, 0.1) is 5.70 Å². The molecule has 0 saturated heterocycles. The average Bonchev–Trinajstić information content (AvgIpc) is 1.98. The third-order valence-corrected chi connectivity index (χ3v) is 1.97. The monoisotopic (exact) mass is 187 g/mol. The molecule has 0 heterocycles. The van der Waals surface area contributed by atoms with Gasteiger partial charge in [0.15, 0.2) is 0 Å². The predicted molar refractivity (Wildman–Crippen MR) is 56.8 cm³/mol. The lowest BCUT2D eigenvalue weighted by molar-refractivity contribution is 0.645. The Balaban J connectivity index is 4.71. The number of halogens is 1. The molecule has 0 aliphatic heterocycles. The predicted octanol–water partition coefficient (Wildman–Crippen LogP) is 3.98. The van der Waals surface area contributed by atoms with E-state index in [1.807, 2.05) is 20.8 Å². The first-order valence-corrected chi connectivity index (χ1v) is 4.75. The lowest BCUT2D eigenvalue weighted by Gasteiger charge is -2.10. The van der Waals surface area contributed by atoms with Crippen LogP contribution in [0.1, 0.15) is 41.0 Å². The van der Waals surface area contributed by atoms with Crippen molar-refractivity contribution >= 4 is 17.3 Å². The molecule has 0 spiro atoms. The van der Waals surface area contributed by atoms with Gasteiger partial charge in [0.1, 0.15) is 0 Å². The normalized spacial score (nSPS) is 15.2. The molecule has 0 aliphatic rings. The van der Waals surface area contributed by atoms with Crippen molar-refractivity contribution in [2.24, 2.45) is 10.9 Å². The minimum absolute atomic E-state index is 0.456. The van der Waals surface area contributed by atoms with Gasteiger partial charge in [0.25, 0.3) is 0 Å². The van der Waals surface area contributed by atoms with Crippen LogP contribution in [0.2, 0.25) is 0 Å². The zero-order valence-corrected chi connectivity index (χ0v) is 9.37. The molecule has 0 saturated carbocycles. The molecule has 0 amide bonds. The van der Waals surface area contributed by atoms with Crippen molar-refractivity contribution in [2.75, 3.05) is 0 Å². The van der Waals surface area contributed by atoms with Crippen molar-refractivity contribution in [3.63, 3.8) is 0 Å². The first kappa shape index (κ1) is 11.7. The van der Waals surface area contributed by atoms with E-state index < -0.39 is 0 Å². The van der Waals surface area contributed by atoms with Gasteiger partial charge in [-0.3, -0.25) is 4.99 Å². The molecule has 1 unspecified atom stereocenters. The van der Waals surface area contributed by atoms with Crippen molar-refractivity contribution in [1.82, 2.24) is 0 Å². The second-order valence-electron chi connectivity index (χ2n) is 3.29. The van der Waals surface area contributed by atoms with Crippen molar-refractivity contribution < 1.29 is 0 Å². The van der Waals surface area contributed by atoms with Crippen LogP contribution in [0.4, 0.5) is 0 Å². The Morgan fingerprint density at radius 1 is 1.33 bits per heavy atom. The van der Waals surface area contributed by atoms with E-state index in [2.05, 4.69) is 18.8 Å². The number of nitrogens with zero attached hydrogens (tertiary/aromatic N) is 1. The second kappa shape index (κ2) is 5.36. The minimum Gasteiger partial charge on any atom is -0.261 e. The summed E-state index contributed by atoms with van der Waals surface area (Å²) in [5.41, 5.74) is 2.09. The van der Waals surface area contributed by atoms with Gasteiger partial charge >= 0.3 is 0 Å². The van der Waals surface area contributed by atoms with Gasteiger partial charge in [0, 0.05) is 10.7 Å². The first-order chi connectivity index (χ1) is 5.49. The van der Waals surface area contributed by atoms with E-state index in [0.717, 1.165) is 22.9 Å². The van der Waals surface area contributed by atoms with Crippen molar-refractivity contribution in [2.45, 2.75) is 41.0 Å². The Bertz CT molecular complexity index is 196. The molecular weight excluding hydrogens is 170 g/mol. The molecule has 0 bridgehead atoms. The van der Waals surface area contributed by atoms with E-state index in [4.69, 9.17) is 11.6 Å². The maximum absolute atomic E-state index is 5.93. The summed E-state index contributed by atoms with van der Waals surface area (Å²) in [7, 11) is 0. The molecule has 2 heteroatoms. The Hall–Kier alpha value is -0.300. The summed E-state index contributed by atoms with van der Waals surface area (Å²) in [6.07, 6.45) is 1.08. The summed E-state index contributed by atoms with van der Waals surface area (Å²) in [6, 6.07) is 0. The molecule has 0 aromatic rings. The highest BCUT2D eigenvalue weighted by molar-refractivity contribution is 6.29. The van der Waals surface area contributed by atoms with Crippen LogP contribution in [0.15, 0.2) is 15.7 Å². The molecular formula is C10H18ClN. The molecule has 0 fully saturated rings. The quantitative estimate of drug-likeness (QED) is 0.593. The summed E-state index contributed by atoms with van der Waals surface area (Å²) in [6.45, 7) is 10.2. The Morgan fingerprint density at radius 3 is 2.08 bits per heavy atom. The Morgan fingerprint density at radius 2 is 1.83 bits per heavy atom. The first-order valence-electron chi connectivity index (χ1n) is 4.37. The van der Waals surface area contributed by atoms with Crippen molar-refractivity contribution in [1.29, 1.82) is 0 Å². The molecule has 1 atom stereocenters. The molecule has 0 N–H and O–H groups in total. The van der Waals surface area contributed by atoms with Crippen molar-refractivity contribution in [3.8, 4) is 0 Å². The molecule has 70 valence electrons. The van der Waals surface area contributed by atoms with Crippen LogP contribution in [-0.2, 0) is 0 Å². The van der Waals surface area contributed by atoms with Gasteiger partial charge in [-0.15, -0.1) is 0 Å². The van der Waals surface area contributed by atoms with Gasteiger partial charge in [-0.25, -0.2) is 0 Å². The molecule has 0 rings (SSSR count). The number of hydrogen-bond donors (Lipinski definition) is 0. The second-order valence-corrected chi connectivity index (χ2v) is 3.85. The van der Waals surface area contributed by atoms with E-state index in [0.29, 0.717) is 5.92 Å². The standard InChI is InChI=1S/C10H18ClN/c1-6-8(4)10(9(5)11)12-7(2)3/h8H,6H2,1-5H3/b10-9+. The van der Waals surface area contributed by atoms with Crippen LogP contribution in [0.25, 0.3) is 0 Å². The van der Waals surface area contributed by atoms with Crippen LogP contribution < -0.4 is 0 Å². The third-order valence-electron chi connectivity index (χ3n) is 1.78. The number of hydrogen-bond acceptors (Lipinski definition) is 1. The fourth-order valence-electron chi connectivity index (χ4n) is 0.961. The Labute approximate surface area is 80.5 Å². The van der Waals surface area contributed by atoms with E-state index in [-0.39, 0.29) is 0 Å². The van der Waals surface area contributed by atoms with Gasteiger partial charge in [-0.05, 0) is 33.1 Å². The lowest BCUT2D eigenvalue weighted by atomic mass is 10.1. The summed E-state index contributed by atoms with van der Waals surface area (Å²) < 4.78 is 0. The molecule has 1 nitrogen and oxygen atoms in total. The highest BCUT2D eigenvalue weighted by Crippen LogP contribution is 2.22. The van der Waals surface area contributed by atoms with Crippen LogP contribution >= 0.6 is 11.6 Å². The lowest BCUT2D eigenvalue weighted by Crippen LogP contribution is -1.98. The zero-order valence-electron chi connectivity index (χ0n) is 8.61. The fraction of sp³-hybridized carbons (Fsp3) is 0.700. The SMILES string of the molecule is CCC(C)/C(N=C(C)C)=C(/C)Cl. The summed E-state index contributed by atoms with van der Waals surface area (Å²) >= 11 is 5.93. The minimum atomic E-state index is 0.456. The highest BCUT2D eigenvalue weighted by atomic mass is 35.5. The molecule has 0 aromatic carbocycles. The molecule has 0 aromatic heterocycles. The summed E-state index contributed by atoms with van der Waals surface area (Å²) in [4.78, 5) is 4.41. The van der Waals surface area contributed by atoms with Gasteiger partial charge in [-0.1, -0.05) is 25.4 Å². The fourth-order valence-corrected chi connectivity index (χ4v) is 1.19. The maximum atomic E-state index is 5.93. The molecule has 0 radical (unpaired) electrons. The van der Waals surface area contributed by atoms with Gasteiger partial charge in [-0.2, -0.15) is 0 Å². The topological polar surface area (TPSA) is 12.4 Å².